The van der Waals surface area contributed by atoms with Crippen LogP contribution in [0.25, 0.3) is 0 Å². The van der Waals surface area contributed by atoms with Crippen molar-refractivity contribution in [3.8, 4) is 0 Å². The average Bonchev–Trinajstić information content (AvgIpc) is 2.83. The molecule has 2 rings (SSSR count). The van der Waals surface area contributed by atoms with Crippen LogP contribution in [0.5, 0.6) is 0 Å². The van der Waals surface area contributed by atoms with Crippen LogP contribution in [0.1, 0.15) is 32.1 Å². The molecule has 1 atom stereocenters. The number of rotatable bonds is 4. The molecular weight excluding hydrogens is 216 g/mol. The minimum atomic E-state index is 0.225. The van der Waals surface area contributed by atoms with Crippen LogP contribution in [-0.4, -0.2) is 50.2 Å². The molecule has 2 fully saturated rings. The molecule has 1 heterocycles. The highest BCUT2D eigenvalue weighted by atomic mass is 16.5. The summed E-state index contributed by atoms with van der Waals surface area (Å²) in [7, 11) is 1.92. The minimum absolute atomic E-state index is 0.225. The van der Waals surface area contributed by atoms with Gasteiger partial charge in [0, 0.05) is 19.5 Å². The van der Waals surface area contributed by atoms with Crippen LogP contribution in [0.15, 0.2) is 0 Å². The van der Waals surface area contributed by atoms with Gasteiger partial charge in [-0.2, -0.15) is 0 Å². The van der Waals surface area contributed by atoms with E-state index in [-0.39, 0.29) is 6.04 Å². The zero-order valence-electron chi connectivity index (χ0n) is 10.8. The van der Waals surface area contributed by atoms with Crippen molar-refractivity contribution in [2.45, 2.75) is 38.1 Å². The number of morpholine rings is 1. The molecule has 0 spiro atoms. The maximum Gasteiger partial charge on any atom is 0.223 e. The molecule has 98 valence electrons. The number of likely N-dealkylation sites (N-methyl/N-ethyl adjacent to an activating group) is 1. The first-order chi connectivity index (χ1) is 8.31. The number of nitrogens with zero attached hydrogens (tertiary/aromatic N) is 1. The normalized spacial score (nSPS) is 26.4. The summed E-state index contributed by atoms with van der Waals surface area (Å²) in [6, 6.07) is 0.225. The van der Waals surface area contributed by atoms with E-state index in [0.717, 1.165) is 19.5 Å². The molecule has 2 aliphatic rings. The van der Waals surface area contributed by atoms with Gasteiger partial charge in [0.1, 0.15) is 0 Å². The lowest BCUT2D eigenvalue weighted by molar-refractivity contribution is -0.140. The summed E-state index contributed by atoms with van der Waals surface area (Å²) < 4.78 is 5.45. The Morgan fingerprint density at radius 1 is 1.41 bits per heavy atom. The fourth-order valence-electron chi connectivity index (χ4n) is 2.97. The second-order valence-electron chi connectivity index (χ2n) is 5.23. The number of hydrogen-bond donors (Lipinski definition) is 1. The Hall–Kier alpha value is -0.610. The highest BCUT2D eigenvalue weighted by Gasteiger charge is 2.28. The Balaban J connectivity index is 1.86. The molecule has 17 heavy (non-hydrogen) atoms. The largest absolute Gasteiger partial charge is 0.377 e. The number of carbonyl (C=O) groups excluding carboxylic acids is 1. The zero-order valence-corrected chi connectivity index (χ0v) is 10.8. The standard InChI is InChI=1S/C13H24N2O2/c1-14-9-12-10-17-7-6-15(12)13(16)8-11-4-2-3-5-11/h11-12,14H,2-10H2,1H3. The maximum atomic E-state index is 12.3. The summed E-state index contributed by atoms with van der Waals surface area (Å²) in [5, 5.41) is 3.14. The molecule has 0 aromatic rings. The first-order valence-electron chi connectivity index (χ1n) is 6.83. The number of carbonyl (C=O) groups is 1. The third-order valence-corrected chi connectivity index (χ3v) is 3.93. The minimum Gasteiger partial charge on any atom is -0.377 e. The van der Waals surface area contributed by atoms with Gasteiger partial charge >= 0.3 is 0 Å². The molecule has 1 aliphatic heterocycles. The Kier molecular flexibility index (Phi) is 4.80. The molecule has 1 unspecified atom stereocenters. The maximum absolute atomic E-state index is 12.3. The zero-order chi connectivity index (χ0) is 12.1. The van der Waals surface area contributed by atoms with Crippen LogP contribution in [0.4, 0.5) is 0 Å². The van der Waals surface area contributed by atoms with Crippen molar-refractivity contribution in [3.05, 3.63) is 0 Å². The Morgan fingerprint density at radius 3 is 2.88 bits per heavy atom. The van der Waals surface area contributed by atoms with E-state index in [1.807, 2.05) is 11.9 Å². The first kappa shape index (κ1) is 12.8. The molecule has 1 saturated carbocycles. The summed E-state index contributed by atoms with van der Waals surface area (Å²) in [6.07, 6.45) is 5.85. The van der Waals surface area contributed by atoms with Gasteiger partial charge in [-0.1, -0.05) is 12.8 Å². The molecule has 4 heteroatoms. The Labute approximate surface area is 104 Å². The average molecular weight is 240 g/mol. The van der Waals surface area contributed by atoms with Gasteiger partial charge in [0.2, 0.25) is 5.91 Å². The van der Waals surface area contributed by atoms with E-state index in [1.54, 1.807) is 0 Å². The van der Waals surface area contributed by atoms with E-state index in [4.69, 9.17) is 4.74 Å². The summed E-state index contributed by atoms with van der Waals surface area (Å²) in [4.78, 5) is 14.3. The third-order valence-electron chi connectivity index (χ3n) is 3.93. The van der Waals surface area contributed by atoms with Gasteiger partial charge < -0.3 is 15.0 Å². The van der Waals surface area contributed by atoms with E-state index >= 15 is 0 Å². The van der Waals surface area contributed by atoms with Crippen molar-refractivity contribution < 1.29 is 9.53 Å². The van der Waals surface area contributed by atoms with Gasteiger partial charge in [0.15, 0.2) is 0 Å². The second kappa shape index (κ2) is 6.36. The topological polar surface area (TPSA) is 41.6 Å². The fraction of sp³-hybridized carbons (Fsp3) is 0.923. The van der Waals surface area contributed by atoms with Crippen LogP contribution < -0.4 is 5.32 Å². The van der Waals surface area contributed by atoms with Crippen LogP contribution in [0, 0.1) is 5.92 Å². The van der Waals surface area contributed by atoms with Crippen LogP contribution in [-0.2, 0) is 9.53 Å². The van der Waals surface area contributed by atoms with E-state index in [2.05, 4.69) is 5.32 Å². The van der Waals surface area contributed by atoms with Gasteiger partial charge in [0.25, 0.3) is 0 Å². The van der Waals surface area contributed by atoms with Crippen molar-refractivity contribution in [3.63, 3.8) is 0 Å². The van der Waals surface area contributed by atoms with Crippen LogP contribution >= 0.6 is 0 Å². The van der Waals surface area contributed by atoms with E-state index in [0.29, 0.717) is 25.0 Å². The van der Waals surface area contributed by atoms with Gasteiger partial charge in [-0.25, -0.2) is 0 Å². The van der Waals surface area contributed by atoms with Crippen LogP contribution in [0.3, 0.4) is 0 Å². The molecular formula is C13H24N2O2. The number of hydrogen-bond acceptors (Lipinski definition) is 3. The van der Waals surface area contributed by atoms with E-state index in [1.165, 1.54) is 25.7 Å². The molecule has 1 N–H and O–H groups in total. The smallest absolute Gasteiger partial charge is 0.223 e. The molecule has 1 aliphatic carbocycles. The van der Waals surface area contributed by atoms with Gasteiger partial charge in [0.05, 0.1) is 19.3 Å². The predicted octanol–water partition coefficient (Wildman–Crippen LogP) is 1.01. The number of nitrogens with one attached hydrogen (secondary N) is 1. The van der Waals surface area contributed by atoms with Crippen molar-refractivity contribution in [2.75, 3.05) is 33.4 Å². The quantitative estimate of drug-likeness (QED) is 0.797. The monoisotopic (exact) mass is 240 g/mol. The molecule has 4 nitrogen and oxygen atoms in total. The first-order valence-corrected chi connectivity index (χ1v) is 6.83. The highest BCUT2D eigenvalue weighted by Crippen LogP contribution is 2.28. The second-order valence-corrected chi connectivity index (χ2v) is 5.23. The summed E-state index contributed by atoms with van der Waals surface area (Å²) >= 11 is 0. The van der Waals surface area contributed by atoms with Crippen molar-refractivity contribution in [2.24, 2.45) is 5.92 Å². The van der Waals surface area contributed by atoms with Crippen molar-refractivity contribution >= 4 is 5.91 Å². The highest BCUT2D eigenvalue weighted by molar-refractivity contribution is 5.77. The lowest BCUT2D eigenvalue weighted by Gasteiger charge is -2.36. The Bertz CT molecular complexity index is 250. The van der Waals surface area contributed by atoms with E-state index in [9.17, 15) is 4.79 Å². The van der Waals surface area contributed by atoms with E-state index < -0.39 is 0 Å². The lowest BCUT2D eigenvalue weighted by atomic mass is 10.0. The van der Waals surface area contributed by atoms with Gasteiger partial charge in [-0.05, 0) is 25.8 Å². The van der Waals surface area contributed by atoms with Gasteiger partial charge in [-0.3, -0.25) is 4.79 Å². The molecule has 0 radical (unpaired) electrons. The summed E-state index contributed by atoms with van der Waals surface area (Å²) in [5.41, 5.74) is 0. The van der Waals surface area contributed by atoms with Crippen LogP contribution in [0.2, 0.25) is 0 Å². The third kappa shape index (κ3) is 3.42. The molecule has 1 amide bonds. The SMILES string of the molecule is CNCC1COCCN1C(=O)CC1CCCC1. The van der Waals surface area contributed by atoms with Crippen molar-refractivity contribution in [1.82, 2.24) is 10.2 Å². The summed E-state index contributed by atoms with van der Waals surface area (Å²) in [5.74, 6) is 0.973. The Morgan fingerprint density at radius 2 is 2.18 bits per heavy atom. The summed E-state index contributed by atoms with van der Waals surface area (Å²) in [6.45, 7) is 2.96. The molecule has 0 aromatic carbocycles. The van der Waals surface area contributed by atoms with Gasteiger partial charge in [-0.15, -0.1) is 0 Å². The van der Waals surface area contributed by atoms with Crippen molar-refractivity contribution in [1.29, 1.82) is 0 Å². The molecule has 0 aromatic heterocycles. The number of amides is 1. The molecule has 1 saturated heterocycles. The fourth-order valence-corrected chi connectivity index (χ4v) is 2.97. The number of ether oxygens (including phenoxy) is 1. The lowest BCUT2D eigenvalue weighted by Crippen LogP contribution is -2.52. The predicted molar refractivity (Wildman–Crippen MR) is 66.8 cm³/mol. The molecule has 0 bridgehead atoms.